The van der Waals surface area contributed by atoms with E-state index < -0.39 is 18.5 Å². The van der Waals surface area contributed by atoms with Crippen molar-refractivity contribution in [3.05, 3.63) is 138 Å². The molecule has 0 spiro atoms. The summed E-state index contributed by atoms with van der Waals surface area (Å²) < 4.78 is 24.0. The van der Waals surface area contributed by atoms with Gasteiger partial charge in [-0.15, -0.1) is 0 Å². The molecule has 1 aliphatic rings. The summed E-state index contributed by atoms with van der Waals surface area (Å²) in [6.07, 6.45) is -1.36. The first-order valence-corrected chi connectivity index (χ1v) is 12.1. The van der Waals surface area contributed by atoms with Crippen LogP contribution in [-0.2, 0) is 32.2 Å². The van der Waals surface area contributed by atoms with Crippen molar-refractivity contribution in [2.75, 3.05) is 0 Å². The zero-order valence-corrected chi connectivity index (χ0v) is 19.9. The number of esters is 1. The van der Waals surface area contributed by atoms with Crippen LogP contribution < -0.4 is 4.74 Å². The normalized spacial score (nSPS) is 19.1. The lowest BCUT2D eigenvalue weighted by Gasteiger charge is -2.17. The Morgan fingerprint density at radius 2 is 1.22 bits per heavy atom. The van der Waals surface area contributed by atoms with Crippen molar-refractivity contribution < 1.29 is 23.7 Å². The molecule has 4 aromatic rings. The summed E-state index contributed by atoms with van der Waals surface area (Å²) in [7, 11) is 0. The van der Waals surface area contributed by atoms with Crippen LogP contribution in [0.15, 0.2) is 115 Å². The van der Waals surface area contributed by atoms with Gasteiger partial charge in [0.15, 0.2) is 6.29 Å². The molecule has 0 N–H and O–H groups in total. The van der Waals surface area contributed by atoms with E-state index in [0.717, 1.165) is 28.0 Å². The maximum Gasteiger partial charge on any atom is 0.308 e. The number of hydrogen-bond donors (Lipinski definition) is 0. The average molecular weight is 481 g/mol. The second-order valence-electron chi connectivity index (χ2n) is 8.67. The molecule has 1 heterocycles. The summed E-state index contributed by atoms with van der Waals surface area (Å²) in [4.78, 5) is 12.7. The lowest BCUT2D eigenvalue weighted by molar-refractivity contribution is -0.148. The molecule has 0 saturated carbocycles. The van der Waals surface area contributed by atoms with E-state index in [0.29, 0.717) is 6.61 Å². The zero-order chi connectivity index (χ0) is 24.6. The first-order valence-electron chi connectivity index (χ1n) is 12.1. The number of benzene rings is 4. The van der Waals surface area contributed by atoms with Crippen LogP contribution in [0.1, 0.15) is 41.1 Å². The van der Waals surface area contributed by atoms with E-state index in [1.54, 1.807) is 0 Å². The Balaban J connectivity index is 1.26. The van der Waals surface area contributed by atoms with Crippen molar-refractivity contribution in [3.8, 4) is 5.75 Å². The summed E-state index contributed by atoms with van der Waals surface area (Å²) >= 11 is 0. The fraction of sp³-hybridized carbons (Fsp3) is 0.194. The molecule has 0 bridgehead atoms. The molecule has 0 amide bonds. The molecule has 1 aliphatic heterocycles. The molecule has 3 atom stereocenters. The fourth-order valence-corrected chi connectivity index (χ4v) is 4.15. The largest absolute Gasteiger partial charge is 0.489 e. The predicted molar refractivity (Wildman–Crippen MR) is 136 cm³/mol. The average Bonchev–Trinajstić information content (AvgIpc) is 3.36. The highest BCUT2D eigenvalue weighted by molar-refractivity contribution is 5.70. The van der Waals surface area contributed by atoms with Gasteiger partial charge < -0.3 is 18.9 Å². The minimum atomic E-state index is -0.558. The van der Waals surface area contributed by atoms with Crippen LogP contribution in [0.25, 0.3) is 0 Å². The van der Waals surface area contributed by atoms with Gasteiger partial charge in [0.05, 0.1) is 6.42 Å². The van der Waals surface area contributed by atoms with Crippen LogP contribution in [-0.4, -0.2) is 12.1 Å². The molecule has 4 aromatic carbocycles. The Morgan fingerprint density at radius 3 is 1.86 bits per heavy atom. The highest BCUT2D eigenvalue weighted by atomic mass is 16.7. The Kier molecular flexibility index (Phi) is 7.71. The molecule has 1 fully saturated rings. The van der Waals surface area contributed by atoms with Crippen LogP contribution in [0.5, 0.6) is 5.75 Å². The van der Waals surface area contributed by atoms with Crippen LogP contribution in [0.3, 0.4) is 0 Å². The second kappa shape index (κ2) is 11.7. The molecule has 0 aliphatic carbocycles. The molecule has 5 nitrogen and oxygen atoms in total. The van der Waals surface area contributed by atoms with Crippen LogP contribution in [0.2, 0.25) is 0 Å². The van der Waals surface area contributed by atoms with E-state index >= 15 is 0 Å². The van der Waals surface area contributed by atoms with E-state index in [1.165, 1.54) is 0 Å². The summed E-state index contributed by atoms with van der Waals surface area (Å²) in [6, 6.07) is 37.2. The van der Waals surface area contributed by atoms with Gasteiger partial charge in [-0.25, -0.2) is 0 Å². The third kappa shape index (κ3) is 6.19. The monoisotopic (exact) mass is 480 g/mol. The second-order valence-corrected chi connectivity index (χ2v) is 8.67. The molecule has 1 unspecified atom stereocenters. The van der Waals surface area contributed by atoms with E-state index in [9.17, 15) is 4.79 Å². The van der Waals surface area contributed by atoms with Gasteiger partial charge in [0.2, 0.25) is 0 Å². The van der Waals surface area contributed by atoms with Gasteiger partial charge in [-0.2, -0.15) is 0 Å². The first-order chi connectivity index (χ1) is 17.7. The molecule has 1 saturated heterocycles. The SMILES string of the molecule is O=C(C[C@H]1O[C@@H](c2ccccc2)OC1c1ccc(OCc2ccccc2)cc1)OCc1ccccc1. The molecule has 0 aromatic heterocycles. The van der Waals surface area contributed by atoms with E-state index in [-0.39, 0.29) is 19.0 Å². The third-order valence-corrected chi connectivity index (χ3v) is 6.05. The van der Waals surface area contributed by atoms with Gasteiger partial charge >= 0.3 is 5.97 Å². The Bertz CT molecular complexity index is 1230. The van der Waals surface area contributed by atoms with Crippen LogP contribution >= 0.6 is 0 Å². The minimum Gasteiger partial charge on any atom is -0.489 e. The van der Waals surface area contributed by atoms with Gasteiger partial charge in [-0.1, -0.05) is 103 Å². The van der Waals surface area contributed by atoms with Crippen molar-refractivity contribution in [1.82, 2.24) is 0 Å². The standard InChI is InChI=1S/C31H28O5/c32-29(34-22-24-12-6-2-7-13-24)20-28-30(36-31(35-28)26-14-8-3-9-15-26)25-16-18-27(19-17-25)33-21-23-10-4-1-5-11-23/h1-19,28,30-31H,20-22H2/t28-,30?,31-/m1/s1. The van der Waals surface area contributed by atoms with Gasteiger partial charge in [0.25, 0.3) is 0 Å². The van der Waals surface area contributed by atoms with Crippen LogP contribution in [0, 0.1) is 0 Å². The molecule has 182 valence electrons. The quantitative estimate of drug-likeness (QED) is 0.254. The zero-order valence-electron chi connectivity index (χ0n) is 19.9. The molecule has 5 rings (SSSR count). The topological polar surface area (TPSA) is 54.0 Å². The number of carbonyl (C=O) groups is 1. The Labute approximate surface area is 211 Å². The number of hydrogen-bond acceptors (Lipinski definition) is 5. The molecule has 0 radical (unpaired) electrons. The van der Waals surface area contributed by atoms with Crippen molar-refractivity contribution in [2.45, 2.75) is 38.1 Å². The Hall–Kier alpha value is -3.93. The smallest absolute Gasteiger partial charge is 0.308 e. The number of carbonyl (C=O) groups excluding carboxylic acids is 1. The summed E-state index contributed by atoms with van der Waals surface area (Å²) in [5.41, 5.74) is 3.87. The molecular weight excluding hydrogens is 452 g/mol. The number of rotatable bonds is 9. The lowest BCUT2D eigenvalue weighted by Crippen LogP contribution is -2.21. The highest BCUT2D eigenvalue weighted by Crippen LogP contribution is 2.41. The fourth-order valence-electron chi connectivity index (χ4n) is 4.15. The van der Waals surface area contributed by atoms with Crippen molar-refractivity contribution in [2.24, 2.45) is 0 Å². The van der Waals surface area contributed by atoms with Gasteiger partial charge in [0, 0.05) is 5.56 Å². The highest BCUT2D eigenvalue weighted by Gasteiger charge is 2.39. The molecule has 5 heteroatoms. The first kappa shape index (κ1) is 23.8. The summed E-state index contributed by atoms with van der Waals surface area (Å²) in [6.45, 7) is 0.725. The van der Waals surface area contributed by atoms with Gasteiger partial charge in [-0.3, -0.25) is 4.79 Å². The van der Waals surface area contributed by atoms with Crippen molar-refractivity contribution >= 4 is 5.97 Å². The summed E-state index contributed by atoms with van der Waals surface area (Å²) in [5.74, 6) is 0.439. The Morgan fingerprint density at radius 1 is 0.639 bits per heavy atom. The van der Waals surface area contributed by atoms with Crippen LogP contribution in [0.4, 0.5) is 0 Å². The van der Waals surface area contributed by atoms with Crippen molar-refractivity contribution in [3.63, 3.8) is 0 Å². The van der Waals surface area contributed by atoms with E-state index in [1.807, 2.05) is 115 Å². The van der Waals surface area contributed by atoms with E-state index in [4.69, 9.17) is 18.9 Å². The van der Waals surface area contributed by atoms with Gasteiger partial charge in [0.1, 0.15) is 31.2 Å². The predicted octanol–water partition coefficient (Wildman–Crippen LogP) is 6.55. The van der Waals surface area contributed by atoms with Crippen molar-refractivity contribution in [1.29, 1.82) is 0 Å². The lowest BCUT2D eigenvalue weighted by atomic mass is 10.0. The van der Waals surface area contributed by atoms with E-state index in [2.05, 4.69) is 0 Å². The summed E-state index contributed by atoms with van der Waals surface area (Å²) in [5, 5.41) is 0. The van der Waals surface area contributed by atoms with Gasteiger partial charge in [-0.05, 0) is 28.8 Å². The number of ether oxygens (including phenoxy) is 4. The maximum absolute atomic E-state index is 12.7. The minimum absolute atomic E-state index is 0.0904. The molecular formula is C31H28O5. The molecule has 36 heavy (non-hydrogen) atoms. The maximum atomic E-state index is 12.7. The third-order valence-electron chi connectivity index (χ3n) is 6.05.